The maximum atomic E-state index is 14.3. The minimum atomic E-state index is -4.28. The summed E-state index contributed by atoms with van der Waals surface area (Å²) in [6.07, 6.45) is -0.387. The van der Waals surface area contributed by atoms with E-state index in [4.69, 9.17) is 24.3 Å². The number of aromatic hydroxyl groups is 1. The van der Waals surface area contributed by atoms with Crippen molar-refractivity contribution < 1.29 is 38.1 Å². The van der Waals surface area contributed by atoms with Crippen molar-refractivity contribution in [3.05, 3.63) is 84.7 Å². The van der Waals surface area contributed by atoms with Crippen LogP contribution in [0.15, 0.2) is 79.1 Å². The fraction of sp³-hybridized carbons (Fsp3) is 0.290. The highest BCUT2D eigenvalue weighted by molar-refractivity contribution is 7.52. The Kier molecular flexibility index (Phi) is 8.64. The van der Waals surface area contributed by atoms with Crippen LogP contribution in [0, 0.1) is 0 Å². The van der Waals surface area contributed by atoms with E-state index in [2.05, 4.69) is 20.0 Å². The van der Waals surface area contributed by atoms with Gasteiger partial charge in [0.15, 0.2) is 17.4 Å². The van der Waals surface area contributed by atoms with E-state index in [0.717, 1.165) is 10.9 Å². The standard InChI is InChI=1S/C31H33N6O8P/c1-19(28(39)42-16-20-9-4-3-5-10-20)36-46(41,45-24-14-8-12-21-11-6-7-13-23(21)24)43-17-22-15-31(2,40)29(44-22)37-18-33-25-26(37)34-30(32)35-27(25)38/h3-14,18-19,22,29,40H,15-17H2,1-2H3,(H,36,41)(H3,32,34,35,38)/t19-,22-,29?,31+,46?/m0/s1. The van der Waals surface area contributed by atoms with Crippen LogP contribution >= 0.6 is 7.75 Å². The molecule has 0 saturated carbocycles. The lowest BCUT2D eigenvalue weighted by Crippen LogP contribution is -2.35. The highest BCUT2D eigenvalue weighted by Crippen LogP contribution is 2.48. The molecule has 1 fully saturated rings. The summed E-state index contributed by atoms with van der Waals surface area (Å²) in [7, 11) is -4.28. The number of benzene rings is 3. The Morgan fingerprint density at radius 3 is 2.70 bits per heavy atom. The van der Waals surface area contributed by atoms with Crippen molar-refractivity contribution in [3.8, 4) is 11.6 Å². The Hall–Kier alpha value is -4.59. The number of ether oxygens (including phenoxy) is 2. The van der Waals surface area contributed by atoms with Crippen molar-refractivity contribution in [2.24, 2.45) is 0 Å². The predicted molar refractivity (Wildman–Crippen MR) is 168 cm³/mol. The van der Waals surface area contributed by atoms with E-state index >= 15 is 0 Å². The Labute approximate surface area is 263 Å². The molecule has 0 amide bonds. The normalized spacial score (nSPS) is 21.6. The Morgan fingerprint density at radius 2 is 1.89 bits per heavy atom. The first-order chi connectivity index (χ1) is 22.0. The molecular formula is C31H33N6O8P. The van der Waals surface area contributed by atoms with Crippen molar-refractivity contribution in [2.45, 2.75) is 50.8 Å². The number of hydrogen-bond acceptors (Lipinski definition) is 12. The zero-order valence-corrected chi connectivity index (χ0v) is 25.9. The van der Waals surface area contributed by atoms with Gasteiger partial charge in [0.25, 0.3) is 0 Å². The molecule has 5 atom stereocenters. The summed E-state index contributed by atoms with van der Waals surface area (Å²) >= 11 is 0. The molecule has 15 heteroatoms. The second-order valence-corrected chi connectivity index (χ2v) is 12.9. The molecule has 5 aromatic rings. The van der Waals surface area contributed by atoms with E-state index in [1.54, 1.807) is 19.1 Å². The molecule has 1 saturated heterocycles. The number of imidazole rings is 1. The fourth-order valence-electron chi connectivity index (χ4n) is 5.31. The van der Waals surface area contributed by atoms with Crippen LogP contribution < -0.4 is 15.3 Å². The Bertz CT molecular complexity index is 1910. The van der Waals surface area contributed by atoms with Crippen LogP contribution in [0.25, 0.3) is 21.9 Å². The maximum Gasteiger partial charge on any atom is 0.459 e. The lowest BCUT2D eigenvalue weighted by Gasteiger charge is -2.25. The van der Waals surface area contributed by atoms with Crippen molar-refractivity contribution in [1.29, 1.82) is 0 Å². The lowest BCUT2D eigenvalue weighted by atomic mass is 10.0. The van der Waals surface area contributed by atoms with Crippen molar-refractivity contribution in [2.75, 3.05) is 12.3 Å². The van der Waals surface area contributed by atoms with Crippen LogP contribution in [0.2, 0.25) is 0 Å². The number of aromatic nitrogens is 4. The minimum Gasteiger partial charge on any atom is -0.492 e. The number of carbonyl (C=O) groups is 1. The van der Waals surface area contributed by atoms with Crippen LogP contribution in [-0.4, -0.2) is 60.1 Å². The van der Waals surface area contributed by atoms with Gasteiger partial charge in [0.2, 0.25) is 11.8 Å². The summed E-state index contributed by atoms with van der Waals surface area (Å²) in [6.45, 7) is 2.80. The molecule has 5 N–H and O–H groups in total. The molecule has 3 heterocycles. The van der Waals surface area contributed by atoms with Gasteiger partial charge in [-0.2, -0.15) is 15.1 Å². The van der Waals surface area contributed by atoms with Crippen molar-refractivity contribution in [1.82, 2.24) is 24.6 Å². The molecule has 1 aliphatic rings. The molecule has 46 heavy (non-hydrogen) atoms. The summed E-state index contributed by atoms with van der Waals surface area (Å²) in [4.78, 5) is 24.9. The molecule has 0 spiro atoms. The van der Waals surface area contributed by atoms with E-state index in [0.29, 0.717) is 5.39 Å². The molecule has 2 unspecified atom stereocenters. The highest BCUT2D eigenvalue weighted by Gasteiger charge is 2.47. The summed E-state index contributed by atoms with van der Waals surface area (Å²) < 4.78 is 39.3. The average Bonchev–Trinajstić information content (AvgIpc) is 3.58. The number of fused-ring (bicyclic) bond motifs is 2. The first-order valence-corrected chi connectivity index (χ1v) is 16.0. The van der Waals surface area contributed by atoms with Gasteiger partial charge in [-0.25, -0.2) is 9.55 Å². The number of carbonyl (C=O) groups excluding carboxylic acids is 1. The molecule has 1 aliphatic heterocycles. The van der Waals surface area contributed by atoms with Crippen LogP contribution in [0.1, 0.15) is 32.1 Å². The SMILES string of the molecule is C[C@H](NP(=O)(OC[C@@H]1C[C@@](C)(O)C(n2cnc3c(O)nc(N)nc32)O1)Oc1cccc2ccccc12)C(=O)OCc1ccccc1. The van der Waals surface area contributed by atoms with Gasteiger partial charge in [-0.15, -0.1) is 0 Å². The number of esters is 1. The zero-order chi connectivity index (χ0) is 32.5. The molecule has 0 bridgehead atoms. The zero-order valence-electron chi connectivity index (χ0n) is 25.0. The van der Waals surface area contributed by atoms with E-state index in [-0.39, 0.29) is 42.5 Å². The van der Waals surface area contributed by atoms with Gasteiger partial charge < -0.3 is 29.9 Å². The molecule has 14 nitrogen and oxygen atoms in total. The average molecular weight is 649 g/mol. The summed E-state index contributed by atoms with van der Waals surface area (Å²) in [5, 5.41) is 25.7. The van der Waals surface area contributed by atoms with Gasteiger partial charge in [0, 0.05) is 11.8 Å². The highest BCUT2D eigenvalue weighted by atomic mass is 31.2. The number of nitrogens with one attached hydrogen (secondary N) is 1. The van der Waals surface area contributed by atoms with Gasteiger partial charge in [-0.3, -0.25) is 13.9 Å². The summed E-state index contributed by atoms with van der Waals surface area (Å²) in [5.74, 6) is -0.977. The largest absolute Gasteiger partial charge is 0.492 e. The third kappa shape index (κ3) is 6.66. The van der Waals surface area contributed by atoms with Crippen LogP contribution in [0.4, 0.5) is 5.95 Å². The third-order valence-corrected chi connectivity index (χ3v) is 9.12. The number of rotatable bonds is 11. The van der Waals surface area contributed by atoms with E-state index < -0.39 is 43.6 Å². The Morgan fingerprint density at radius 1 is 1.15 bits per heavy atom. The second kappa shape index (κ2) is 12.7. The Balaban J connectivity index is 1.21. The molecule has 0 radical (unpaired) electrons. The lowest BCUT2D eigenvalue weighted by molar-refractivity contribution is -0.146. The van der Waals surface area contributed by atoms with Gasteiger partial charge in [-0.1, -0.05) is 66.7 Å². The molecular weight excluding hydrogens is 615 g/mol. The second-order valence-electron chi connectivity index (χ2n) is 11.2. The van der Waals surface area contributed by atoms with Crippen LogP contribution in [0.5, 0.6) is 11.6 Å². The summed E-state index contributed by atoms with van der Waals surface area (Å²) in [5.41, 5.74) is 5.30. The molecule has 6 rings (SSSR count). The predicted octanol–water partition coefficient (Wildman–Crippen LogP) is 4.23. The number of anilines is 1. The van der Waals surface area contributed by atoms with Gasteiger partial charge in [0.1, 0.15) is 24.0 Å². The minimum absolute atomic E-state index is 0.0324. The monoisotopic (exact) mass is 648 g/mol. The quantitative estimate of drug-likeness (QED) is 0.118. The first-order valence-electron chi connectivity index (χ1n) is 14.5. The van der Waals surface area contributed by atoms with E-state index in [1.807, 2.05) is 60.7 Å². The van der Waals surface area contributed by atoms with Crippen LogP contribution in [0.3, 0.4) is 0 Å². The fourth-order valence-corrected chi connectivity index (χ4v) is 6.85. The summed E-state index contributed by atoms with van der Waals surface area (Å²) in [6, 6.07) is 20.8. The molecule has 240 valence electrons. The maximum absolute atomic E-state index is 14.3. The first kappa shape index (κ1) is 31.4. The van der Waals surface area contributed by atoms with E-state index in [1.165, 1.54) is 17.8 Å². The van der Waals surface area contributed by atoms with Crippen molar-refractivity contribution >= 4 is 41.6 Å². The van der Waals surface area contributed by atoms with Gasteiger partial charge in [-0.05, 0) is 30.9 Å². The third-order valence-electron chi connectivity index (χ3n) is 7.50. The van der Waals surface area contributed by atoms with Crippen molar-refractivity contribution in [3.63, 3.8) is 0 Å². The molecule has 2 aromatic heterocycles. The van der Waals surface area contributed by atoms with Gasteiger partial charge >= 0.3 is 13.7 Å². The molecule has 3 aromatic carbocycles. The van der Waals surface area contributed by atoms with Gasteiger partial charge in [0.05, 0.1) is 19.0 Å². The molecule has 0 aliphatic carbocycles. The number of aliphatic hydroxyl groups is 1. The number of nitrogens with zero attached hydrogens (tertiary/aromatic N) is 4. The number of hydrogen-bond donors (Lipinski definition) is 4. The number of nitrogen functional groups attached to an aromatic ring is 1. The topological polar surface area (TPSA) is 193 Å². The smallest absolute Gasteiger partial charge is 0.459 e. The number of nitrogens with two attached hydrogens (primary N) is 1. The van der Waals surface area contributed by atoms with Crippen LogP contribution in [-0.2, 0) is 30.0 Å². The van der Waals surface area contributed by atoms with E-state index in [9.17, 15) is 19.6 Å².